The minimum atomic E-state index is 0.0585. The van der Waals surface area contributed by atoms with Crippen molar-refractivity contribution < 1.29 is 9.32 Å². The number of hydrogen-bond acceptors (Lipinski definition) is 3. The summed E-state index contributed by atoms with van der Waals surface area (Å²) < 4.78 is 4.86. The van der Waals surface area contributed by atoms with Gasteiger partial charge in [-0.15, -0.1) is 0 Å². The third-order valence-electron chi connectivity index (χ3n) is 1.62. The zero-order valence-corrected chi connectivity index (χ0v) is 7.96. The number of amides is 1. The number of carbonyl (C=O) groups is 1. The molecule has 4 heteroatoms. The van der Waals surface area contributed by atoms with Gasteiger partial charge in [-0.05, 0) is 13.3 Å². The molecule has 1 N–H and O–H groups in total. The lowest BCUT2D eigenvalue weighted by Crippen LogP contribution is -2.22. The van der Waals surface area contributed by atoms with Crippen LogP contribution in [0, 0.1) is 6.92 Å². The van der Waals surface area contributed by atoms with Crippen LogP contribution in [0.2, 0.25) is 0 Å². The highest BCUT2D eigenvalue weighted by molar-refractivity contribution is 5.75. The summed E-state index contributed by atoms with van der Waals surface area (Å²) in [6.07, 6.45) is 1.43. The molecule has 0 atom stereocenters. The number of rotatable bonds is 4. The summed E-state index contributed by atoms with van der Waals surface area (Å²) >= 11 is 0. The van der Waals surface area contributed by atoms with Crippen molar-refractivity contribution in [3.05, 3.63) is 17.5 Å². The fourth-order valence-electron chi connectivity index (χ4n) is 1.01. The Hall–Kier alpha value is -1.32. The van der Waals surface area contributed by atoms with Crippen molar-refractivity contribution in [2.24, 2.45) is 0 Å². The molecule has 1 aromatic rings. The summed E-state index contributed by atoms with van der Waals surface area (Å²) in [6.45, 7) is 4.25. The molecule has 0 aromatic carbocycles. The molecule has 0 aliphatic heterocycles. The van der Waals surface area contributed by atoms with Crippen LogP contribution < -0.4 is 5.32 Å². The Morgan fingerprint density at radius 1 is 1.69 bits per heavy atom. The lowest BCUT2D eigenvalue weighted by molar-refractivity contribution is -0.121. The quantitative estimate of drug-likeness (QED) is 0.765. The van der Waals surface area contributed by atoms with E-state index >= 15 is 0 Å². The van der Waals surface area contributed by atoms with E-state index in [9.17, 15) is 4.79 Å². The lowest BCUT2D eigenvalue weighted by Gasteiger charge is -1.99. The molecular weight excluding hydrogens is 168 g/mol. The Morgan fingerprint density at radius 3 is 3.00 bits per heavy atom. The van der Waals surface area contributed by atoms with Gasteiger partial charge in [0.05, 0.1) is 6.54 Å². The summed E-state index contributed by atoms with van der Waals surface area (Å²) in [7, 11) is 0. The van der Waals surface area contributed by atoms with Crippen LogP contribution in [0.4, 0.5) is 0 Å². The predicted molar refractivity (Wildman–Crippen MR) is 48.0 cm³/mol. The molecule has 0 aliphatic rings. The van der Waals surface area contributed by atoms with Crippen LogP contribution in [0.5, 0.6) is 0 Å². The van der Waals surface area contributed by atoms with Crippen LogP contribution in [0.1, 0.15) is 31.2 Å². The van der Waals surface area contributed by atoms with Crippen molar-refractivity contribution in [2.75, 3.05) is 0 Å². The van der Waals surface area contributed by atoms with Crippen LogP contribution in [0.15, 0.2) is 10.6 Å². The Bertz CT molecular complexity index is 281. The Kier molecular flexibility index (Phi) is 3.49. The fourth-order valence-corrected chi connectivity index (χ4v) is 1.01. The maximum Gasteiger partial charge on any atom is 0.220 e. The normalized spacial score (nSPS) is 10.0. The van der Waals surface area contributed by atoms with Crippen molar-refractivity contribution >= 4 is 5.91 Å². The van der Waals surface area contributed by atoms with Gasteiger partial charge >= 0.3 is 0 Å². The molecule has 0 aliphatic carbocycles. The summed E-state index contributed by atoms with van der Waals surface area (Å²) in [6, 6.07) is 1.81. The van der Waals surface area contributed by atoms with Crippen LogP contribution >= 0.6 is 0 Å². The van der Waals surface area contributed by atoms with E-state index in [0.29, 0.717) is 13.0 Å². The first-order valence-electron chi connectivity index (χ1n) is 4.41. The van der Waals surface area contributed by atoms with Gasteiger partial charge in [-0.25, -0.2) is 0 Å². The molecule has 13 heavy (non-hydrogen) atoms. The molecule has 0 saturated carbocycles. The molecule has 1 heterocycles. The molecule has 0 fully saturated rings. The van der Waals surface area contributed by atoms with Crippen molar-refractivity contribution in [1.82, 2.24) is 10.5 Å². The first kappa shape index (κ1) is 9.77. The van der Waals surface area contributed by atoms with E-state index in [1.807, 2.05) is 19.9 Å². The van der Waals surface area contributed by atoms with Gasteiger partial charge in [-0.3, -0.25) is 4.79 Å². The zero-order chi connectivity index (χ0) is 9.68. The second-order valence-corrected chi connectivity index (χ2v) is 2.96. The van der Waals surface area contributed by atoms with E-state index < -0.39 is 0 Å². The molecule has 0 unspecified atom stereocenters. The molecule has 1 aromatic heterocycles. The molecule has 0 spiro atoms. The third kappa shape index (κ3) is 3.27. The van der Waals surface area contributed by atoms with Crippen molar-refractivity contribution in [3.8, 4) is 0 Å². The van der Waals surface area contributed by atoms with Crippen LogP contribution in [0.3, 0.4) is 0 Å². The van der Waals surface area contributed by atoms with Crippen molar-refractivity contribution in [1.29, 1.82) is 0 Å². The summed E-state index contributed by atoms with van der Waals surface area (Å²) in [5.74, 6) is 0.822. The molecule has 4 nitrogen and oxygen atoms in total. The SMILES string of the molecule is CCCC(=O)NCc1cc(C)on1. The maximum atomic E-state index is 11.1. The Morgan fingerprint density at radius 2 is 2.46 bits per heavy atom. The third-order valence-corrected chi connectivity index (χ3v) is 1.62. The van der Waals surface area contributed by atoms with Gasteiger partial charge in [0.2, 0.25) is 5.91 Å². The number of aromatic nitrogens is 1. The highest BCUT2D eigenvalue weighted by Crippen LogP contribution is 2.00. The minimum absolute atomic E-state index is 0.0585. The monoisotopic (exact) mass is 182 g/mol. The molecule has 0 bridgehead atoms. The number of nitrogens with one attached hydrogen (secondary N) is 1. The lowest BCUT2D eigenvalue weighted by atomic mass is 10.3. The highest BCUT2D eigenvalue weighted by Gasteiger charge is 2.02. The number of carbonyl (C=O) groups excluding carboxylic acids is 1. The Labute approximate surface area is 77.3 Å². The average molecular weight is 182 g/mol. The van der Waals surface area contributed by atoms with E-state index in [-0.39, 0.29) is 5.91 Å². The van der Waals surface area contributed by atoms with E-state index in [2.05, 4.69) is 10.5 Å². The molecule has 72 valence electrons. The molecule has 0 saturated heterocycles. The number of aryl methyl sites for hydroxylation is 1. The highest BCUT2D eigenvalue weighted by atomic mass is 16.5. The van der Waals surface area contributed by atoms with Crippen LogP contribution in [-0.4, -0.2) is 11.1 Å². The van der Waals surface area contributed by atoms with Crippen LogP contribution in [0.25, 0.3) is 0 Å². The summed E-state index contributed by atoms with van der Waals surface area (Å²) in [5.41, 5.74) is 0.766. The summed E-state index contributed by atoms with van der Waals surface area (Å²) in [5, 5.41) is 6.51. The van der Waals surface area contributed by atoms with E-state index in [1.165, 1.54) is 0 Å². The average Bonchev–Trinajstić information content (AvgIpc) is 2.49. The number of hydrogen-bond donors (Lipinski definition) is 1. The first-order valence-corrected chi connectivity index (χ1v) is 4.41. The van der Waals surface area contributed by atoms with E-state index in [0.717, 1.165) is 17.9 Å². The van der Waals surface area contributed by atoms with Crippen molar-refractivity contribution in [3.63, 3.8) is 0 Å². The molecule has 1 amide bonds. The van der Waals surface area contributed by atoms with Gasteiger partial charge in [-0.1, -0.05) is 12.1 Å². The van der Waals surface area contributed by atoms with Gasteiger partial charge in [0.1, 0.15) is 11.5 Å². The van der Waals surface area contributed by atoms with Gasteiger partial charge in [0, 0.05) is 12.5 Å². The first-order chi connectivity index (χ1) is 6.22. The van der Waals surface area contributed by atoms with Crippen LogP contribution in [-0.2, 0) is 11.3 Å². The standard InChI is InChI=1S/C9H14N2O2/c1-3-4-9(12)10-6-8-5-7(2)13-11-8/h5H,3-4,6H2,1-2H3,(H,10,12). The van der Waals surface area contributed by atoms with Gasteiger partial charge in [0.25, 0.3) is 0 Å². The van der Waals surface area contributed by atoms with Gasteiger partial charge < -0.3 is 9.84 Å². The largest absolute Gasteiger partial charge is 0.361 e. The zero-order valence-electron chi connectivity index (χ0n) is 7.96. The fraction of sp³-hybridized carbons (Fsp3) is 0.556. The van der Waals surface area contributed by atoms with Crippen molar-refractivity contribution in [2.45, 2.75) is 33.2 Å². The summed E-state index contributed by atoms with van der Waals surface area (Å²) in [4.78, 5) is 11.1. The molecule has 0 radical (unpaired) electrons. The van der Waals surface area contributed by atoms with E-state index in [4.69, 9.17) is 4.52 Å². The van der Waals surface area contributed by atoms with E-state index in [1.54, 1.807) is 0 Å². The molecule has 1 rings (SSSR count). The van der Waals surface area contributed by atoms with Gasteiger partial charge in [-0.2, -0.15) is 0 Å². The topological polar surface area (TPSA) is 55.1 Å². The predicted octanol–water partition coefficient (Wildman–Crippen LogP) is 1.40. The second-order valence-electron chi connectivity index (χ2n) is 2.96. The minimum Gasteiger partial charge on any atom is -0.361 e. The molecular formula is C9H14N2O2. The maximum absolute atomic E-state index is 11.1. The Balaban J connectivity index is 2.30. The van der Waals surface area contributed by atoms with Gasteiger partial charge in [0.15, 0.2) is 0 Å². The number of nitrogens with zero attached hydrogens (tertiary/aromatic N) is 1. The smallest absolute Gasteiger partial charge is 0.220 e. The second kappa shape index (κ2) is 4.64.